The number of hydrogen-bond donors (Lipinski definition) is 2. The highest BCUT2D eigenvalue weighted by Gasteiger charge is 2.22. The summed E-state index contributed by atoms with van der Waals surface area (Å²) < 4.78 is 26.7. The fourth-order valence-electron chi connectivity index (χ4n) is 2.85. The molecule has 0 heterocycles. The molecule has 0 aromatic heterocycles. The van der Waals surface area contributed by atoms with E-state index < -0.39 is 10.0 Å². The van der Waals surface area contributed by atoms with Crippen LogP contribution < -0.4 is 10.0 Å². The van der Waals surface area contributed by atoms with Gasteiger partial charge in [-0.15, -0.1) is 0 Å². The van der Waals surface area contributed by atoms with Crippen molar-refractivity contribution in [1.82, 2.24) is 10.0 Å². The third kappa shape index (κ3) is 7.60. The highest BCUT2D eigenvalue weighted by atomic mass is 32.2. The molecule has 1 fully saturated rings. The number of unbranched alkanes of at least 4 members (excludes halogenated alkanes) is 1. The Morgan fingerprint density at radius 2 is 1.85 bits per heavy atom. The van der Waals surface area contributed by atoms with Gasteiger partial charge in [-0.1, -0.05) is 33.1 Å². The first-order chi connectivity index (χ1) is 9.55. The van der Waals surface area contributed by atoms with Crippen LogP contribution in [0.25, 0.3) is 0 Å². The zero-order valence-corrected chi connectivity index (χ0v) is 14.0. The molecule has 2 atom stereocenters. The number of rotatable bonds is 10. The van der Waals surface area contributed by atoms with Crippen molar-refractivity contribution in [2.45, 2.75) is 58.8 Å². The van der Waals surface area contributed by atoms with Gasteiger partial charge in [0.25, 0.3) is 0 Å². The molecule has 0 bridgehead atoms. The molecule has 5 heteroatoms. The van der Waals surface area contributed by atoms with Crippen LogP contribution in [0.3, 0.4) is 0 Å². The lowest BCUT2D eigenvalue weighted by molar-refractivity contribution is 0.257. The molecule has 0 radical (unpaired) electrons. The number of hydrogen-bond acceptors (Lipinski definition) is 3. The van der Waals surface area contributed by atoms with Crippen LogP contribution in [0.4, 0.5) is 0 Å². The third-order valence-corrected chi connectivity index (χ3v) is 5.73. The first-order valence-electron chi connectivity index (χ1n) is 8.23. The summed E-state index contributed by atoms with van der Waals surface area (Å²) in [6, 6.07) is 0. The molecule has 0 aromatic rings. The van der Waals surface area contributed by atoms with Crippen LogP contribution in [-0.4, -0.2) is 33.8 Å². The molecule has 2 unspecified atom stereocenters. The van der Waals surface area contributed by atoms with Gasteiger partial charge in [-0.3, -0.25) is 0 Å². The third-order valence-electron chi connectivity index (χ3n) is 4.30. The molecule has 1 aliphatic carbocycles. The summed E-state index contributed by atoms with van der Waals surface area (Å²) >= 11 is 0. The molecule has 0 spiro atoms. The normalized spacial score (nSPS) is 23.9. The Hall–Kier alpha value is -0.130. The Morgan fingerprint density at radius 1 is 1.10 bits per heavy atom. The Balaban J connectivity index is 2.14. The fourth-order valence-corrected chi connectivity index (χ4v) is 4.04. The molecule has 0 aromatic carbocycles. The van der Waals surface area contributed by atoms with E-state index in [1.165, 1.54) is 25.7 Å². The summed E-state index contributed by atoms with van der Waals surface area (Å²) in [4.78, 5) is 0. The van der Waals surface area contributed by atoms with E-state index in [0.29, 0.717) is 18.4 Å². The van der Waals surface area contributed by atoms with E-state index in [2.05, 4.69) is 23.9 Å². The molecular formula is C15H32N2O2S. The van der Waals surface area contributed by atoms with Crippen LogP contribution in [-0.2, 0) is 10.0 Å². The van der Waals surface area contributed by atoms with Crippen LogP contribution >= 0.6 is 0 Å². The maximum Gasteiger partial charge on any atom is 0.211 e. The summed E-state index contributed by atoms with van der Waals surface area (Å²) in [5, 5.41) is 3.30. The molecule has 2 N–H and O–H groups in total. The molecule has 4 nitrogen and oxygen atoms in total. The molecule has 1 saturated carbocycles. The second-order valence-electron chi connectivity index (χ2n) is 6.15. The van der Waals surface area contributed by atoms with Crippen molar-refractivity contribution in [3.63, 3.8) is 0 Å². The Bertz CT molecular complexity index is 344. The van der Waals surface area contributed by atoms with Crippen molar-refractivity contribution < 1.29 is 8.42 Å². The van der Waals surface area contributed by atoms with Crippen LogP contribution in [0.15, 0.2) is 0 Å². The van der Waals surface area contributed by atoms with E-state index in [-0.39, 0.29) is 5.75 Å². The maximum atomic E-state index is 11.9. The van der Waals surface area contributed by atoms with Gasteiger partial charge in [-0.25, -0.2) is 13.1 Å². The highest BCUT2D eigenvalue weighted by molar-refractivity contribution is 7.89. The Kier molecular flexibility index (Phi) is 8.73. The van der Waals surface area contributed by atoms with Gasteiger partial charge >= 0.3 is 0 Å². The van der Waals surface area contributed by atoms with Gasteiger partial charge in [0.1, 0.15) is 0 Å². The van der Waals surface area contributed by atoms with Crippen molar-refractivity contribution in [3.8, 4) is 0 Å². The molecular weight excluding hydrogens is 272 g/mol. The van der Waals surface area contributed by atoms with Crippen LogP contribution in [0.5, 0.6) is 0 Å². The van der Waals surface area contributed by atoms with E-state index in [4.69, 9.17) is 0 Å². The fraction of sp³-hybridized carbons (Fsp3) is 1.00. The smallest absolute Gasteiger partial charge is 0.211 e. The van der Waals surface area contributed by atoms with E-state index in [9.17, 15) is 8.42 Å². The second-order valence-corrected chi connectivity index (χ2v) is 8.07. The van der Waals surface area contributed by atoms with Crippen molar-refractivity contribution >= 4 is 10.0 Å². The van der Waals surface area contributed by atoms with E-state index >= 15 is 0 Å². The van der Waals surface area contributed by atoms with E-state index in [0.717, 1.165) is 32.4 Å². The largest absolute Gasteiger partial charge is 0.317 e. The minimum absolute atomic E-state index is 0.266. The zero-order valence-electron chi connectivity index (χ0n) is 13.2. The molecule has 0 saturated heterocycles. The maximum absolute atomic E-state index is 11.9. The summed E-state index contributed by atoms with van der Waals surface area (Å²) in [5.74, 6) is 1.46. The number of nitrogens with one attached hydrogen (secondary N) is 2. The lowest BCUT2D eigenvalue weighted by atomic mass is 9.81. The van der Waals surface area contributed by atoms with Gasteiger partial charge in [0.2, 0.25) is 10.0 Å². The summed E-state index contributed by atoms with van der Waals surface area (Å²) in [6.07, 6.45) is 7.77. The topological polar surface area (TPSA) is 58.2 Å². The van der Waals surface area contributed by atoms with Gasteiger partial charge in [0.05, 0.1) is 5.75 Å². The predicted molar refractivity (Wildman–Crippen MR) is 85.3 cm³/mol. The minimum atomic E-state index is -3.07. The molecule has 0 amide bonds. The molecule has 1 rings (SSSR count). The number of sulfonamides is 1. The highest BCUT2D eigenvalue weighted by Crippen LogP contribution is 2.28. The summed E-state index contributed by atoms with van der Waals surface area (Å²) in [5.41, 5.74) is 0. The molecule has 1 aliphatic rings. The molecule has 120 valence electrons. The standard InChI is InChI=1S/C15H32N2O2S/c1-3-10-16-11-6-7-12-20(18,19)17-13-15-9-5-4-8-14(15)2/h14-17H,3-13H2,1-2H3. The predicted octanol–water partition coefficient (Wildman–Crippen LogP) is 2.51. The van der Waals surface area contributed by atoms with Crippen LogP contribution in [0.2, 0.25) is 0 Å². The minimum Gasteiger partial charge on any atom is -0.317 e. The van der Waals surface area contributed by atoms with Gasteiger partial charge in [-0.05, 0) is 50.6 Å². The first-order valence-corrected chi connectivity index (χ1v) is 9.88. The first kappa shape index (κ1) is 17.9. The van der Waals surface area contributed by atoms with Crippen LogP contribution in [0, 0.1) is 11.8 Å². The lowest BCUT2D eigenvalue weighted by Gasteiger charge is -2.28. The average Bonchev–Trinajstić information content (AvgIpc) is 2.42. The van der Waals surface area contributed by atoms with Crippen LogP contribution in [0.1, 0.15) is 58.8 Å². The van der Waals surface area contributed by atoms with Crippen molar-refractivity contribution in [3.05, 3.63) is 0 Å². The quantitative estimate of drug-likeness (QED) is 0.610. The average molecular weight is 305 g/mol. The van der Waals surface area contributed by atoms with Gasteiger partial charge in [0.15, 0.2) is 0 Å². The zero-order chi connectivity index (χ0) is 14.8. The Labute approximate surface area is 125 Å². The summed E-state index contributed by atoms with van der Waals surface area (Å²) in [7, 11) is -3.07. The van der Waals surface area contributed by atoms with Gasteiger partial charge in [0, 0.05) is 6.54 Å². The summed E-state index contributed by atoms with van der Waals surface area (Å²) in [6.45, 7) is 6.95. The molecule has 0 aliphatic heterocycles. The Morgan fingerprint density at radius 3 is 2.55 bits per heavy atom. The van der Waals surface area contributed by atoms with Gasteiger partial charge in [-0.2, -0.15) is 0 Å². The second kappa shape index (κ2) is 9.74. The van der Waals surface area contributed by atoms with Crippen molar-refractivity contribution in [2.75, 3.05) is 25.4 Å². The lowest BCUT2D eigenvalue weighted by Crippen LogP contribution is -2.34. The monoisotopic (exact) mass is 304 g/mol. The SMILES string of the molecule is CCCNCCCCS(=O)(=O)NCC1CCCCC1C. The molecule has 20 heavy (non-hydrogen) atoms. The van der Waals surface area contributed by atoms with Crippen molar-refractivity contribution in [2.24, 2.45) is 11.8 Å². The van der Waals surface area contributed by atoms with Gasteiger partial charge < -0.3 is 5.32 Å². The van der Waals surface area contributed by atoms with E-state index in [1.54, 1.807) is 0 Å². The van der Waals surface area contributed by atoms with E-state index in [1.807, 2.05) is 0 Å². The van der Waals surface area contributed by atoms with Crippen molar-refractivity contribution in [1.29, 1.82) is 0 Å².